The van der Waals surface area contributed by atoms with Gasteiger partial charge in [0.25, 0.3) is 0 Å². The minimum Gasteiger partial charge on any atom is -0.294 e. The van der Waals surface area contributed by atoms with E-state index in [-0.39, 0.29) is 0 Å². The van der Waals surface area contributed by atoms with Gasteiger partial charge in [-0.05, 0) is 81.4 Å². The van der Waals surface area contributed by atoms with Crippen molar-refractivity contribution in [2.45, 2.75) is 0 Å². The molecule has 3 aromatic heterocycles. The van der Waals surface area contributed by atoms with Crippen LogP contribution in [0.3, 0.4) is 0 Å². The lowest BCUT2D eigenvalue weighted by molar-refractivity contribution is 1.01. The summed E-state index contributed by atoms with van der Waals surface area (Å²) in [7, 11) is 0. The fourth-order valence-corrected chi connectivity index (χ4v) is 8.92. The van der Waals surface area contributed by atoms with Crippen LogP contribution >= 0.6 is 0 Å². The number of benzene rings is 8. The maximum absolute atomic E-state index is 10.1. The highest BCUT2D eigenvalue weighted by Gasteiger charge is 2.21. The Morgan fingerprint density at radius 3 is 1.02 bits per heavy atom. The number of nitriles is 1. The Kier molecular flexibility index (Phi) is 7.84. The van der Waals surface area contributed by atoms with Crippen LogP contribution in [0.15, 0.2) is 206 Å². The number of aromatic nitrogens is 3. The van der Waals surface area contributed by atoms with Crippen molar-refractivity contribution in [1.29, 1.82) is 5.26 Å². The highest BCUT2D eigenvalue weighted by molar-refractivity contribution is 6.10. The van der Waals surface area contributed by atoms with E-state index in [0.717, 1.165) is 78.2 Å². The molecule has 58 heavy (non-hydrogen) atoms. The van der Waals surface area contributed by atoms with Gasteiger partial charge in [0.05, 0.1) is 33.7 Å². The molecule has 4 nitrogen and oxygen atoms in total. The summed E-state index contributed by atoms with van der Waals surface area (Å²) in [4.78, 5) is 5.57. The van der Waals surface area contributed by atoms with Crippen LogP contribution in [0.4, 0.5) is 0 Å². The zero-order valence-corrected chi connectivity index (χ0v) is 31.4. The second-order valence-electron chi connectivity index (χ2n) is 14.6. The van der Waals surface area contributed by atoms with Crippen molar-refractivity contribution >= 4 is 43.6 Å². The van der Waals surface area contributed by atoms with Crippen molar-refractivity contribution in [2.24, 2.45) is 0 Å². The van der Waals surface area contributed by atoms with Crippen LogP contribution < -0.4 is 0 Å². The third kappa shape index (κ3) is 5.26. The highest BCUT2D eigenvalue weighted by atomic mass is 15.1. The van der Waals surface area contributed by atoms with Crippen LogP contribution in [0.25, 0.3) is 99.8 Å². The summed E-state index contributed by atoms with van der Waals surface area (Å²) in [6.45, 7) is 0. The number of nitrogens with zero attached hydrogens (tertiary/aromatic N) is 4. The lowest BCUT2D eigenvalue weighted by Gasteiger charge is -2.19. The lowest BCUT2D eigenvalue weighted by Crippen LogP contribution is -2.04. The molecule has 0 atom stereocenters. The Hall–Kier alpha value is -8.00. The number of hydrogen-bond donors (Lipinski definition) is 0. The first-order valence-corrected chi connectivity index (χ1v) is 19.5. The van der Waals surface area contributed by atoms with Gasteiger partial charge in [-0.2, -0.15) is 5.26 Å². The van der Waals surface area contributed by atoms with Gasteiger partial charge in [-0.1, -0.05) is 164 Å². The van der Waals surface area contributed by atoms with Gasteiger partial charge < -0.3 is 0 Å². The zero-order valence-electron chi connectivity index (χ0n) is 31.4. The van der Waals surface area contributed by atoms with Crippen LogP contribution in [0.2, 0.25) is 0 Å². The highest BCUT2D eigenvalue weighted by Crippen LogP contribution is 2.43. The minimum absolute atomic E-state index is 0.653. The summed E-state index contributed by atoms with van der Waals surface area (Å²) in [5.41, 5.74) is 13.5. The van der Waals surface area contributed by atoms with Crippen molar-refractivity contribution in [2.75, 3.05) is 0 Å². The van der Waals surface area contributed by atoms with E-state index in [4.69, 9.17) is 4.98 Å². The summed E-state index contributed by atoms with van der Waals surface area (Å²) in [5.74, 6) is 1.68. The molecule has 0 unspecified atom stereocenters. The zero-order chi connectivity index (χ0) is 38.6. The van der Waals surface area contributed by atoms with E-state index in [1.165, 1.54) is 21.5 Å². The van der Waals surface area contributed by atoms with Crippen molar-refractivity contribution < 1.29 is 0 Å². The lowest BCUT2D eigenvalue weighted by atomic mass is 9.86. The topological polar surface area (TPSA) is 46.5 Å². The van der Waals surface area contributed by atoms with Gasteiger partial charge in [-0.15, -0.1) is 0 Å². The third-order valence-electron chi connectivity index (χ3n) is 11.4. The van der Waals surface area contributed by atoms with Gasteiger partial charge in [0, 0.05) is 27.1 Å². The fourth-order valence-electron chi connectivity index (χ4n) is 8.92. The summed E-state index contributed by atoms with van der Waals surface area (Å²) < 4.78 is 4.62. The first kappa shape index (κ1) is 33.3. The van der Waals surface area contributed by atoms with E-state index < -0.39 is 0 Å². The van der Waals surface area contributed by atoms with Gasteiger partial charge in [-0.25, -0.2) is 4.98 Å². The number of hydrogen-bond acceptors (Lipinski definition) is 2. The number of fused-ring (bicyclic) bond motifs is 6. The minimum atomic E-state index is 0.653. The molecule has 0 fully saturated rings. The molecule has 0 aliphatic carbocycles. The largest absolute Gasteiger partial charge is 0.294 e. The van der Waals surface area contributed by atoms with Gasteiger partial charge in [-0.3, -0.25) is 9.13 Å². The van der Waals surface area contributed by atoms with Crippen LogP contribution in [0.5, 0.6) is 0 Å². The molecule has 270 valence electrons. The average molecular weight is 739 g/mol. The molecule has 0 spiro atoms. The van der Waals surface area contributed by atoms with E-state index in [2.05, 4.69) is 191 Å². The summed E-state index contributed by atoms with van der Waals surface area (Å²) in [5, 5.41) is 14.9. The third-order valence-corrected chi connectivity index (χ3v) is 11.4. The Balaban J connectivity index is 1.20. The summed E-state index contributed by atoms with van der Waals surface area (Å²) in [6, 6.07) is 74.9. The Morgan fingerprint density at radius 1 is 0.328 bits per heavy atom. The molecule has 8 aromatic carbocycles. The van der Waals surface area contributed by atoms with Gasteiger partial charge in [0.2, 0.25) is 0 Å². The molecule has 4 heteroatoms. The molecular formula is C54H34N4. The number of pyridine rings is 1. The second kappa shape index (κ2) is 13.6. The van der Waals surface area contributed by atoms with Gasteiger partial charge in [0.1, 0.15) is 11.6 Å². The molecule has 11 aromatic rings. The normalized spacial score (nSPS) is 11.4. The van der Waals surface area contributed by atoms with Crippen molar-refractivity contribution in [3.05, 3.63) is 212 Å². The van der Waals surface area contributed by atoms with Crippen molar-refractivity contribution in [3.63, 3.8) is 0 Å². The molecular weight excluding hydrogens is 705 g/mol. The molecule has 0 radical (unpaired) electrons. The van der Waals surface area contributed by atoms with Crippen molar-refractivity contribution in [1.82, 2.24) is 14.1 Å². The van der Waals surface area contributed by atoms with Crippen LogP contribution in [0.1, 0.15) is 5.56 Å². The maximum atomic E-state index is 10.1. The van der Waals surface area contributed by atoms with Crippen LogP contribution in [0, 0.1) is 11.3 Å². The molecule has 0 N–H and O–H groups in total. The average Bonchev–Trinajstić information content (AvgIpc) is 3.82. The van der Waals surface area contributed by atoms with Crippen molar-refractivity contribution in [3.8, 4) is 62.2 Å². The molecule has 0 saturated heterocycles. The maximum Gasteiger partial charge on any atom is 0.140 e. The second-order valence-corrected chi connectivity index (χ2v) is 14.6. The van der Waals surface area contributed by atoms with E-state index >= 15 is 0 Å². The number of para-hydroxylation sites is 4. The Morgan fingerprint density at radius 2 is 0.621 bits per heavy atom. The van der Waals surface area contributed by atoms with Gasteiger partial charge in [0.15, 0.2) is 0 Å². The fraction of sp³-hybridized carbons (Fsp3) is 0. The van der Waals surface area contributed by atoms with Crippen LogP contribution in [-0.4, -0.2) is 14.1 Å². The molecule has 0 aliphatic heterocycles. The molecule has 0 bridgehead atoms. The summed E-state index contributed by atoms with van der Waals surface area (Å²) >= 11 is 0. The predicted molar refractivity (Wildman–Crippen MR) is 239 cm³/mol. The smallest absolute Gasteiger partial charge is 0.140 e. The van der Waals surface area contributed by atoms with E-state index in [0.29, 0.717) is 5.56 Å². The SMILES string of the molecule is N#Cc1ccccc1-c1ccccc1-c1ccccc1-c1ccccc1-c1cc(-n2c3ccccc3c3ccccc32)nc(-n2c3ccccc3c3ccccc32)c1. The first-order valence-electron chi connectivity index (χ1n) is 19.5. The predicted octanol–water partition coefficient (Wildman–Crippen LogP) is 13.8. The molecule has 3 heterocycles. The molecule has 0 amide bonds. The Bertz CT molecular complexity index is 3190. The van der Waals surface area contributed by atoms with E-state index in [9.17, 15) is 5.26 Å². The quantitative estimate of drug-likeness (QED) is 0.170. The first-order chi connectivity index (χ1) is 28.8. The molecule has 0 saturated carbocycles. The molecule has 0 aliphatic rings. The number of rotatable bonds is 6. The Labute approximate surface area is 335 Å². The van der Waals surface area contributed by atoms with Crippen LogP contribution in [-0.2, 0) is 0 Å². The van der Waals surface area contributed by atoms with E-state index in [1.54, 1.807) is 0 Å². The summed E-state index contributed by atoms with van der Waals surface area (Å²) in [6.07, 6.45) is 0. The van der Waals surface area contributed by atoms with Gasteiger partial charge >= 0.3 is 0 Å². The monoisotopic (exact) mass is 738 g/mol. The standard InChI is InChI=1S/C54H34N4/c55-35-36-17-1-2-18-38(36)40-20-5-6-22-42(40)44-24-8-7-23-43(44)41-21-4-3-19-39(41)37-33-53(57-49-29-13-9-25-45(49)46-26-10-14-30-50(46)57)56-54(34-37)58-51-31-15-11-27-47(51)48-28-12-16-32-52(48)58/h1-34H. The van der Waals surface area contributed by atoms with E-state index in [1.807, 2.05) is 30.3 Å². The molecule has 11 rings (SSSR count).